The van der Waals surface area contributed by atoms with Gasteiger partial charge in [0, 0.05) is 6.54 Å². The predicted molar refractivity (Wildman–Crippen MR) is 110 cm³/mol. The molecule has 0 saturated heterocycles. The number of hydrogen-bond acceptors (Lipinski definition) is 7. The van der Waals surface area contributed by atoms with Crippen LogP contribution in [0.1, 0.15) is 37.7 Å². The zero-order chi connectivity index (χ0) is 20.3. The molecule has 0 bridgehead atoms. The molecule has 29 heavy (non-hydrogen) atoms. The van der Waals surface area contributed by atoms with Crippen LogP contribution in [0.25, 0.3) is 0 Å². The Bertz CT molecular complexity index is 520. The van der Waals surface area contributed by atoms with Crippen molar-refractivity contribution in [2.24, 2.45) is 17.2 Å². The molecule has 1 rings (SSSR count). The third-order valence-corrected chi connectivity index (χ3v) is 3.44. The number of ether oxygens (including phenoxy) is 1. The van der Waals surface area contributed by atoms with E-state index in [1.54, 1.807) is 18.4 Å². The van der Waals surface area contributed by atoms with Crippen LogP contribution >= 0.6 is 0 Å². The molecule has 1 amide bonds. The topological polar surface area (TPSA) is 151 Å². The summed E-state index contributed by atoms with van der Waals surface area (Å²) in [6, 6.07) is 9.28. The molecule has 0 fully saturated rings. The van der Waals surface area contributed by atoms with Gasteiger partial charge < -0.3 is 44.3 Å². The summed E-state index contributed by atoms with van der Waals surface area (Å²) in [4.78, 5) is 31.3. The Labute approximate surface area is 189 Å². The van der Waals surface area contributed by atoms with Crippen molar-refractivity contribution in [3.8, 4) is 0 Å². The minimum Gasteiger partial charge on any atom is -0.540 e. The summed E-state index contributed by atoms with van der Waals surface area (Å²) in [6.07, 6.45) is 5.64. The van der Waals surface area contributed by atoms with Crippen molar-refractivity contribution < 1.29 is 41.5 Å². The number of unbranched alkanes of at least 4 members (excludes halogenated alkanes) is 1. The van der Waals surface area contributed by atoms with E-state index in [4.69, 9.17) is 21.9 Å². The van der Waals surface area contributed by atoms with Crippen LogP contribution < -0.4 is 22.5 Å². The normalized spacial score (nSPS) is 11.3. The quantitative estimate of drug-likeness (QED) is 0.149. The molecule has 9 heteroatoms. The van der Waals surface area contributed by atoms with Gasteiger partial charge in [-0.3, -0.25) is 0 Å². The zero-order valence-electron chi connectivity index (χ0n) is 17.0. The summed E-state index contributed by atoms with van der Waals surface area (Å²) >= 11 is 0. The van der Waals surface area contributed by atoms with E-state index in [9.17, 15) is 14.4 Å². The Morgan fingerprint density at radius 2 is 1.86 bits per heavy atom. The molecule has 8 nitrogen and oxygen atoms in total. The number of rotatable bonds is 12. The third-order valence-electron chi connectivity index (χ3n) is 3.44. The third kappa shape index (κ3) is 21.0. The first-order valence-electron chi connectivity index (χ1n) is 8.93. The fourth-order valence-corrected chi connectivity index (χ4v) is 1.88. The van der Waals surface area contributed by atoms with Gasteiger partial charge in [0.2, 0.25) is 0 Å². The molecule has 0 saturated carbocycles. The van der Waals surface area contributed by atoms with Gasteiger partial charge in [-0.1, -0.05) is 12.5 Å². The summed E-state index contributed by atoms with van der Waals surface area (Å²) in [6.45, 7) is 1.36. The summed E-state index contributed by atoms with van der Waals surface area (Å²) in [7, 11) is 0. The van der Waals surface area contributed by atoms with Crippen molar-refractivity contribution >= 4 is 18.7 Å². The van der Waals surface area contributed by atoms with Crippen LogP contribution in [-0.4, -0.2) is 43.8 Å². The minimum atomic E-state index is -0.437. The second-order valence-corrected chi connectivity index (χ2v) is 5.86. The number of nitrogens with one attached hydrogen (secondary N) is 1. The van der Waals surface area contributed by atoms with E-state index in [1.165, 1.54) is 0 Å². The summed E-state index contributed by atoms with van der Waals surface area (Å²) in [5.74, 6) is 0. The van der Waals surface area contributed by atoms with Gasteiger partial charge in [0.05, 0.1) is 12.6 Å². The van der Waals surface area contributed by atoms with Gasteiger partial charge in [-0.05, 0) is 32.2 Å². The SMILES string of the molecule is NCCC[C@H](N)[C-]=O.N[C@@H](C=O)CCCCNC(=O)OCc1cc[c-]cc1.[CH3-].[Nb+3]. The molecule has 0 aliphatic heterocycles. The maximum Gasteiger partial charge on any atom is 3.00 e. The summed E-state index contributed by atoms with van der Waals surface area (Å²) < 4.78 is 5.03. The molecule has 2 atom stereocenters. The van der Waals surface area contributed by atoms with Gasteiger partial charge >= 0.3 is 28.5 Å². The van der Waals surface area contributed by atoms with Gasteiger partial charge in [0.15, 0.2) is 0 Å². The van der Waals surface area contributed by atoms with E-state index in [0.29, 0.717) is 25.9 Å². The summed E-state index contributed by atoms with van der Waals surface area (Å²) in [5.41, 5.74) is 16.7. The van der Waals surface area contributed by atoms with E-state index in [0.717, 1.165) is 31.1 Å². The number of hydrogen-bond donors (Lipinski definition) is 4. The molecule has 7 N–H and O–H groups in total. The van der Waals surface area contributed by atoms with Gasteiger partial charge in [-0.25, -0.2) is 11.1 Å². The number of carbonyl (C=O) groups is 2. The van der Waals surface area contributed by atoms with E-state index in [1.807, 2.05) is 12.1 Å². The Hall–Kier alpha value is -1.55. The monoisotopic (exact) mass is 486 g/mol. The average Bonchev–Trinajstić information content (AvgIpc) is 2.71. The molecule has 162 valence electrons. The Kier molecular flexibility index (Phi) is 25.2. The first-order chi connectivity index (χ1) is 13.0. The van der Waals surface area contributed by atoms with Crippen LogP contribution in [0.3, 0.4) is 0 Å². The van der Waals surface area contributed by atoms with Gasteiger partial charge in [-0.15, -0.1) is 5.56 Å². The van der Waals surface area contributed by atoms with Crippen molar-refractivity contribution in [2.75, 3.05) is 13.1 Å². The zero-order valence-corrected chi connectivity index (χ0v) is 19.2. The molecule has 1 aromatic carbocycles. The maximum absolute atomic E-state index is 11.3. The Balaban J connectivity index is -0.000000581. The second-order valence-electron chi connectivity index (χ2n) is 5.86. The van der Waals surface area contributed by atoms with Crippen LogP contribution in [-0.2, 0) is 43.3 Å². The van der Waals surface area contributed by atoms with Crippen LogP contribution in [0.15, 0.2) is 24.3 Å². The number of carbonyl (C=O) groups excluding carboxylic acids is 3. The van der Waals surface area contributed by atoms with Crippen molar-refractivity contribution in [1.29, 1.82) is 0 Å². The van der Waals surface area contributed by atoms with Crippen LogP contribution in [0.2, 0.25) is 0 Å². The molecule has 0 spiro atoms. The van der Waals surface area contributed by atoms with Gasteiger partial charge in [0.1, 0.15) is 6.29 Å². The number of amides is 1. The molecular formula is C20H33N4NbO4. The summed E-state index contributed by atoms with van der Waals surface area (Å²) in [5, 5.41) is 2.65. The largest absolute Gasteiger partial charge is 3.00 e. The number of nitrogens with two attached hydrogens (primary N) is 3. The van der Waals surface area contributed by atoms with E-state index in [-0.39, 0.29) is 36.4 Å². The molecule has 0 aromatic heterocycles. The molecule has 0 radical (unpaired) electrons. The number of aldehydes is 1. The molecular weight excluding hydrogens is 453 g/mol. The molecule has 0 aliphatic carbocycles. The molecule has 1 aromatic rings. The van der Waals surface area contributed by atoms with E-state index < -0.39 is 18.2 Å². The standard InChI is InChI=1S/C14H19N2O3.C5H11N2O.CH3.Nb/c15-13(10-17)8-4-5-9-16-14(18)19-11-12-6-2-1-3-7-12;6-3-1-2-5(7)4-8;;/h2-3,6-7,10,13H,4-5,8-9,11,15H2,(H,16,18);5H,1-3,6-7H2;1H3;/q3*-1;+3/t13-;5-;;/m10../s1. The van der Waals surface area contributed by atoms with E-state index in [2.05, 4.69) is 11.4 Å². The Morgan fingerprint density at radius 1 is 1.21 bits per heavy atom. The molecule has 0 unspecified atom stereocenters. The van der Waals surface area contributed by atoms with Crippen LogP contribution in [0.4, 0.5) is 4.79 Å². The van der Waals surface area contributed by atoms with Crippen molar-refractivity contribution in [3.63, 3.8) is 0 Å². The minimum absolute atomic E-state index is 0. The van der Waals surface area contributed by atoms with Gasteiger partial charge in [0.25, 0.3) is 0 Å². The number of benzene rings is 1. The van der Waals surface area contributed by atoms with Crippen molar-refractivity contribution in [1.82, 2.24) is 5.32 Å². The van der Waals surface area contributed by atoms with Gasteiger partial charge in [-0.2, -0.15) is 30.3 Å². The fourth-order valence-electron chi connectivity index (χ4n) is 1.88. The average molecular weight is 486 g/mol. The van der Waals surface area contributed by atoms with Crippen LogP contribution in [0, 0.1) is 13.5 Å². The first kappa shape index (κ1) is 32.1. The fraction of sp³-hybridized carbons (Fsp3) is 0.500. The first-order valence-corrected chi connectivity index (χ1v) is 8.93. The number of alkyl carbamates (subject to hydrolysis) is 1. The van der Waals surface area contributed by atoms with Crippen molar-refractivity contribution in [3.05, 3.63) is 43.3 Å². The van der Waals surface area contributed by atoms with Crippen molar-refractivity contribution in [2.45, 2.75) is 50.8 Å². The second kappa shape index (κ2) is 22.7. The molecule has 0 aliphatic rings. The maximum atomic E-state index is 11.3. The van der Waals surface area contributed by atoms with E-state index >= 15 is 0 Å². The Morgan fingerprint density at radius 3 is 2.41 bits per heavy atom. The van der Waals surface area contributed by atoms with Crippen LogP contribution in [0.5, 0.6) is 0 Å². The predicted octanol–water partition coefficient (Wildman–Crippen LogP) is 1.02. The molecule has 0 heterocycles. The smallest absolute Gasteiger partial charge is 0.540 e.